The highest BCUT2D eigenvalue weighted by molar-refractivity contribution is 5.93. The van der Waals surface area contributed by atoms with Gasteiger partial charge in [-0.3, -0.25) is 4.79 Å². The number of carbonyl (C=O) groups is 1. The topological polar surface area (TPSA) is 73.1 Å². The fraction of sp³-hybridized carbons (Fsp3) is 0.167. The Kier molecular flexibility index (Phi) is 5.75. The van der Waals surface area contributed by atoms with Crippen LogP contribution in [0.3, 0.4) is 0 Å². The molecule has 2 aromatic carbocycles. The first kappa shape index (κ1) is 20.3. The van der Waals surface area contributed by atoms with Crippen LogP contribution in [-0.4, -0.2) is 39.1 Å². The Bertz CT molecular complexity index is 1220. The number of likely N-dealkylation sites (N-methyl/N-ethyl adjacent to an activating group) is 1. The second kappa shape index (κ2) is 8.79. The average molecular weight is 413 g/mol. The van der Waals surface area contributed by atoms with E-state index in [1.165, 1.54) is 0 Å². The predicted octanol–water partition coefficient (Wildman–Crippen LogP) is 4.16. The maximum absolute atomic E-state index is 12.9. The van der Waals surface area contributed by atoms with Gasteiger partial charge in [-0.15, -0.1) is 0 Å². The number of rotatable bonds is 7. The summed E-state index contributed by atoms with van der Waals surface area (Å²) in [5.41, 5.74) is 3.30. The van der Waals surface area contributed by atoms with Gasteiger partial charge in [-0.1, -0.05) is 55.1 Å². The lowest BCUT2D eigenvalue weighted by atomic mass is 10.2. The molecule has 31 heavy (non-hydrogen) atoms. The normalized spacial score (nSPS) is 10.8. The number of fused-ring (bicyclic) bond motifs is 1. The summed E-state index contributed by atoms with van der Waals surface area (Å²) in [6, 6.07) is 19.2. The van der Waals surface area contributed by atoms with Gasteiger partial charge in [-0.2, -0.15) is 0 Å². The summed E-state index contributed by atoms with van der Waals surface area (Å²) >= 11 is 0. The molecule has 0 bridgehead atoms. The minimum atomic E-state index is -0.0874. The standard InChI is InChI=1S/C24H23N5O2/c1-4-31-17(2)21-22-24(27-23(26-21)18-11-7-5-8-12-18)29(16-25-22)15-20(30)28(3)19-13-9-6-10-14-19/h5-14,16H,2,4,15H2,1,3H3. The summed E-state index contributed by atoms with van der Waals surface area (Å²) in [7, 11) is 1.75. The number of amides is 1. The Hall–Kier alpha value is -4.00. The summed E-state index contributed by atoms with van der Waals surface area (Å²) in [6.45, 7) is 6.44. The largest absolute Gasteiger partial charge is 0.492 e. The molecule has 0 aliphatic carbocycles. The maximum Gasteiger partial charge on any atom is 0.246 e. The zero-order chi connectivity index (χ0) is 21.8. The number of anilines is 1. The molecule has 1 amide bonds. The number of para-hydroxylation sites is 1. The van der Waals surface area contributed by atoms with Crippen LogP contribution in [0.5, 0.6) is 0 Å². The highest BCUT2D eigenvalue weighted by Gasteiger charge is 2.19. The van der Waals surface area contributed by atoms with Gasteiger partial charge in [-0.05, 0) is 19.1 Å². The van der Waals surface area contributed by atoms with Crippen LogP contribution in [0.1, 0.15) is 12.6 Å². The van der Waals surface area contributed by atoms with Crippen LogP contribution in [0.2, 0.25) is 0 Å². The molecule has 7 nitrogen and oxygen atoms in total. The molecule has 0 aliphatic rings. The van der Waals surface area contributed by atoms with Crippen LogP contribution >= 0.6 is 0 Å². The third-order valence-corrected chi connectivity index (χ3v) is 4.90. The van der Waals surface area contributed by atoms with E-state index >= 15 is 0 Å². The van der Waals surface area contributed by atoms with Gasteiger partial charge in [0.1, 0.15) is 23.5 Å². The number of hydrogen-bond donors (Lipinski definition) is 0. The van der Waals surface area contributed by atoms with E-state index in [-0.39, 0.29) is 12.5 Å². The molecule has 0 atom stereocenters. The lowest BCUT2D eigenvalue weighted by molar-refractivity contribution is -0.118. The number of benzene rings is 2. The van der Waals surface area contributed by atoms with Gasteiger partial charge < -0.3 is 14.2 Å². The zero-order valence-electron chi connectivity index (χ0n) is 17.5. The van der Waals surface area contributed by atoms with Crippen molar-refractivity contribution in [3.05, 3.63) is 79.3 Å². The Morgan fingerprint density at radius 3 is 2.42 bits per heavy atom. The van der Waals surface area contributed by atoms with E-state index in [2.05, 4.69) is 16.5 Å². The van der Waals surface area contributed by atoms with Crippen molar-refractivity contribution >= 4 is 28.5 Å². The van der Waals surface area contributed by atoms with Crippen molar-refractivity contribution in [1.29, 1.82) is 0 Å². The number of aromatic nitrogens is 4. The lowest BCUT2D eigenvalue weighted by Crippen LogP contribution is -2.29. The van der Waals surface area contributed by atoms with Gasteiger partial charge in [0.05, 0.1) is 12.9 Å². The first-order valence-electron chi connectivity index (χ1n) is 10.0. The Balaban J connectivity index is 1.75. The minimum absolute atomic E-state index is 0.0874. The second-order valence-corrected chi connectivity index (χ2v) is 6.95. The van der Waals surface area contributed by atoms with Crippen molar-refractivity contribution in [2.45, 2.75) is 13.5 Å². The first-order chi connectivity index (χ1) is 15.1. The zero-order valence-corrected chi connectivity index (χ0v) is 17.5. The SMILES string of the molecule is C=C(OCC)c1nc(-c2ccccc2)nc2c1ncn2CC(=O)N(C)c1ccccc1. The predicted molar refractivity (Wildman–Crippen MR) is 121 cm³/mol. The van der Waals surface area contributed by atoms with Crippen molar-refractivity contribution in [2.24, 2.45) is 0 Å². The first-order valence-corrected chi connectivity index (χ1v) is 10.0. The average Bonchev–Trinajstić information content (AvgIpc) is 3.21. The monoisotopic (exact) mass is 413 g/mol. The van der Waals surface area contributed by atoms with E-state index in [1.54, 1.807) is 22.8 Å². The van der Waals surface area contributed by atoms with Crippen LogP contribution in [-0.2, 0) is 16.1 Å². The molecule has 2 heterocycles. The molecule has 0 spiro atoms. The van der Waals surface area contributed by atoms with Crippen molar-refractivity contribution < 1.29 is 9.53 Å². The third-order valence-electron chi connectivity index (χ3n) is 4.90. The summed E-state index contributed by atoms with van der Waals surface area (Å²) in [4.78, 5) is 28.4. The van der Waals surface area contributed by atoms with Crippen LogP contribution in [0, 0.1) is 0 Å². The van der Waals surface area contributed by atoms with E-state index in [4.69, 9.17) is 9.72 Å². The molecule has 156 valence electrons. The molecular weight excluding hydrogens is 390 g/mol. The Labute approximate surface area is 180 Å². The summed E-state index contributed by atoms with van der Waals surface area (Å²) < 4.78 is 7.33. The molecule has 0 saturated carbocycles. The summed E-state index contributed by atoms with van der Waals surface area (Å²) in [5.74, 6) is 0.857. The van der Waals surface area contributed by atoms with Gasteiger partial charge >= 0.3 is 0 Å². The lowest BCUT2D eigenvalue weighted by Gasteiger charge is -2.17. The fourth-order valence-corrected chi connectivity index (χ4v) is 3.26. The Morgan fingerprint density at radius 1 is 1.06 bits per heavy atom. The quantitative estimate of drug-likeness (QED) is 0.425. The number of hydrogen-bond acceptors (Lipinski definition) is 5. The molecule has 0 saturated heterocycles. The highest BCUT2D eigenvalue weighted by atomic mass is 16.5. The molecule has 4 rings (SSSR count). The maximum atomic E-state index is 12.9. The van der Waals surface area contributed by atoms with Crippen molar-refractivity contribution in [1.82, 2.24) is 19.5 Å². The smallest absolute Gasteiger partial charge is 0.246 e. The molecule has 7 heteroatoms. The van der Waals surface area contributed by atoms with E-state index in [0.717, 1.165) is 11.3 Å². The molecule has 0 N–H and O–H groups in total. The van der Waals surface area contributed by atoms with Crippen LogP contribution in [0.15, 0.2) is 73.6 Å². The minimum Gasteiger partial charge on any atom is -0.492 e. The van der Waals surface area contributed by atoms with Crippen molar-refractivity contribution in [3.8, 4) is 11.4 Å². The molecule has 0 radical (unpaired) electrons. The Morgan fingerprint density at radius 2 is 1.74 bits per heavy atom. The van der Waals surface area contributed by atoms with Crippen LogP contribution in [0.4, 0.5) is 5.69 Å². The van der Waals surface area contributed by atoms with Gasteiger partial charge in [0.2, 0.25) is 5.91 Å². The summed E-state index contributed by atoms with van der Waals surface area (Å²) in [6.07, 6.45) is 1.60. The van der Waals surface area contributed by atoms with E-state index < -0.39 is 0 Å². The molecule has 0 fully saturated rings. The van der Waals surface area contributed by atoms with Gasteiger partial charge in [0.15, 0.2) is 11.5 Å². The molecule has 0 unspecified atom stereocenters. The number of carbonyl (C=O) groups excluding carboxylic acids is 1. The number of ether oxygens (including phenoxy) is 1. The molecule has 4 aromatic rings. The van der Waals surface area contributed by atoms with Gasteiger partial charge in [-0.25, -0.2) is 15.0 Å². The fourth-order valence-electron chi connectivity index (χ4n) is 3.26. The van der Waals surface area contributed by atoms with Crippen molar-refractivity contribution in [2.75, 3.05) is 18.6 Å². The van der Waals surface area contributed by atoms with E-state index in [0.29, 0.717) is 35.0 Å². The van der Waals surface area contributed by atoms with Gasteiger partial charge in [0.25, 0.3) is 0 Å². The molecule has 0 aliphatic heterocycles. The molecule has 2 aromatic heterocycles. The second-order valence-electron chi connectivity index (χ2n) is 6.95. The van der Waals surface area contributed by atoms with E-state index in [9.17, 15) is 4.79 Å². The molecular formula is C24H23N5O2. The van der Waals surface area contributed by atoms with Crippen molar-refractivity contribution in [3.63, 3.8) is 0 Å². The van der Waals surface area contributed by atoms with E-state index in [1.807, 2.05) is 67.6 Å². The third kappa shape index (κ3) is 4.16. The van der Waals surface area contributed by atoms with Crippen LogP contribution in [0.25, 0.3) is 28.3 Å². The number of nitrogens with zero attached hydrogens (tertiary/aromatic N) is 5. The van der Waals surface area contributed by atoms with Crippen LogP contribution < -0.4 is 4.90 Å². The number of imidazole rings is 1. The highest BCUT2D eigenvalue weighted by Crippen LogP contribution is 2.25. The van der Waals surface area contributed by atoms with Gasteiger partial charge in [0, 0.05) is 18.3 Å². The summed E-state index contributed by atoms with van der Waals surface area (Å²) in [5, 5.41) is 0.